The van der Waals surface area contributed by atoms with E-state index in [1.165, 1.54) is 13.1 Å². The summed E-state index contributed by atoms with van der Waals surface area (Å²) in [6.07, 6.45) is -0.789. The topological polar surface area (TPSA) is 133 Å². The van der Waals surface area contributed by atoms with Gasteiger partial charge in [-0.15, -0.1) is 0 Å². The second-order valence-corrected chi connectivity index (χ2v) is 8.69. The fourth-order valence-electron chi connectivity index (χ4n) is 4.05. The number of benzene rings is 2. The van der Waals surface area contributed by atoms with Crippen molar-refractivity contribution in [1.82, 2.24) is 10.2 Å². The Bertz CT molecular complexity index is 1100. The van der Waals surface area contributed by atoms with E-state index in [-0.39, 0.29) is 24.4 Å². The molecule has 0 bridgehead atoms. The number of carbonyl (C=O) groups excluding carboxylic acids is 2. The summed E-state index contributed by atoms with van der Waals surface area (Å²) < 4.78 is 5.33. The molecule has 0 atom stereocenters. The minimum atomic E-state index is -2.64. The van der Waals surface area contributed by atoms with Crippen molar-refractivity contribution >= 4 is 23.9 Å². The first-order valence-electron chi connectivity index (χ1n) is 10.4. The van der Waals surface area contributed by atoms with Gasteiger partial charge in [-0.1, -0.05) is 30.3 Å². The van der Waals surface area contributed by atoms with Gasteiger partial charge in [0.2, 0.25) is 0 Å². The summed E-state index contributed by atoms with van der Waals surface area (Å²) in [7, 11) is 1.53. The zero-order valence-electron chi connectivity index (χ0n) is 18.8. The molecule has 0 unspecified atom stereocenters. The maximum absolute atomic E-state index is 12.9. The Hall–Kier alpha value is -3.88. The van der Waals surface area contributed by atoms with E-state index in [1.54, 1.807) is 57.2 Å². The number of carboxylic acids is 2. The summed E-state index contributed by atoms with van der Waals surface area (Å²) >= 11 is 0. The second kappa shape index (κ2) is 8.57. The van der Waals surface area contributed by atoms with Crippen LogP contribution in [0.3, 0.4) is 0 Å². The van der Waals surface area contributed by atoms with Gasteiger partial charge in [-0.3, -0.25) is 9.69 Å². The molecule has 0 radical (unpaired) electrons. The monoisotopic (exact) mass is 454 g/mol. The highest BCUT2D eigenvalue weighted by atomic mass is 16.6. The molecule has 9 heteroatoms. The number of carbonyl (C=O) groups is 4. The summed E-state index contributed by atoms with van der Waals surface area (Å²) in [5.74, 6) is -3.62. The predicted octanol–water partition coefficient (Wildman–Crippen LogP) is 2.87. The highest BCUT2D eigenvalue weighted by Gasteiger charge is 2.59. The van der Waals surface area contributed by atoms with E-state index >= 15 is 0 Å². The first-order valence-corrected chi connectivity index (χ1v) is 10.4. The first kappa shape index (κ1) is 23.8. The minimum Gasteiger partial charge on any atom is -0.479 e. The number of aliphatic carboxylic acids is 2. The van der Waals surface area contributed by atoms with Crippen LogP contribution in [0.1, 0.15) is 42.3 Å². The SMILES string of the molecule is CNC(=O)c1ccc(-c2cccc3c2CCN(C(=O)OC(C)(C)C)C3(C(=O)O)C(=O)O)cc1. The van der Waals surface area contributed by atoms with E-state index in [0.717, 1.165) is 4.90 Å². The highest BCUT2D eigenvalue weighted by Crippen LogP contribution is 2.41. The summed E-state index contributed by atoms with van der Waals surface area (Å²) in [5.41, 5.74) is -1.31. The lowest BCUT2D eigenvalue weighted by Crippen LogP contribution is -2.63. The lowest BCUT2D eigenvalue weighted by molar-refractivity contribution is -0.169. The van der Waals surface area contributed by atoms with Gasteiger partial charge >= 0.3 is 18.0 Å². The Kier molecular flexibility index (Phi) is 6.18. The Morgan fingerprint density at radius 2 is 1.61 bits per heavy atom. The van der Waals surface area contributed by atoms with E-state index in [4.69, 9.17) is 4.74 Å². The average molecular weight is 454 g/mol. The van der Waals surface area contributed by atoms with Crippen LogP contribution in [0, 0.1) is 0 Å². The zero-order valence-corrected chi connectivity index (χ0v) is 18.8. The summed E-state index contributed by atoms with van der Waals surface area (Å²) in [4.78, 5) is 50.4. The van der Waals surface area contributed by atoms with Crippen molar-refractivity contribution in [2.24, 2.45) is 0 Å². The van der Waals surface area contributed by atoms with Crippen molar-refractivity contribution in [2.45, 2.75) is 38.3 Å². The Morgan fingerprint density at radius 3 is 2.12 bits per heavy atom. The van der Waals surface area contributed by atoms with Crippen LogP contribution < -0.4 is 5.32 Å². The number of nitrogens with zero attached hydrogens (tertiary/aromatic N) is 1. The molecule has 2 aromatic rings. The summed E-state index contributed by atoms with van der Waals surface area (Å²) in [6.45, 7) is 4.69. The van der Waals surface area contributed by atoms with Gasteiger partial charge in [-0.2, -0.15) is 0 Å². The molecule has 1 aliphatic heterocycles. The molecule has 1 heterocycles. The molecule has 0 saturated heterocycles. The van der Waals surface area contributed by atoms with Crippen LogP contribution in [0.5, 0.6) is 0 Å². The number of carboxylic acid groups (broad SMARTS) is 2. The maximum atomic E-state index is 12.9. The van der Waals surface area contributed by atoms with Crippen molar-refractivity contribution in [3.8, 4) is 11.1 Å². The molecule has 0 aliphatic carbocycles. The standard InChI is InChI=1S/C24H26N2O7/c1-23(2,3)33-22(32)26-13-12-17-16(14-8-10-15(11-9-14)19(27)25-4)6-5-7-18(17)24(26,20(28)29)21(30)31/h5-11H,12-13H2,1-4H3,(H,25,27)(H,28,29)(H,30,31). The van der Waals surface area contributed by atoms with Gasteiger partial charge in [0.1, 0.15) is 5.60 Å². The third-order valence-corrected chi connectivity index (χ3v) is 5.47. The van der Waals surface area contributed by atoms with E-state index in [9.17, 15) is 29.4 Å². The summed E-state index contributed by atoms with van der Waals surface area (Å²) in [6, 6.07) is 11.4. The quantitative estimate of drug-likeness (QED) is 0.605. The molecule has 33 heavy (non-hydrogen) atoms. The molecule has 2 amide bonds. The van der Waals surface area contributed by atoms with E-state index < -0.39 is 29.2 Å². The molecular weight excluding hydrogens is 428 g/mol. The lowest BCUT2D eigenvalue weighted by atomic mass is 9.77. The molecule has 0 saturated carbocycles. The van der Waals surface area contributed by atoms with Crippen LogP contribution in [0.25, 0.3) is 11.1 Å². The highest BCUT2D eigenvalue weighted by molar-refractivity contribution is 6.07. The Morgan fingerprint density at radius 1 is 1.00 bits per heavy atom. The normalized spacial score (nSPS) is 14.7. The molecule has 0 spiro atoms. The number of fused-ring (bicyclic) bond motifs is 1. The molecule has 3 rings (SSSR count). The van der Waals surface area contributed by atoms with E-state index in [0.29, 0.717) is 22.3 Å². The van der Waals surface area contributed by atoms with Crippen molar-refractivity contribution in [1.29, 1.82) is 0 Å². The van der Waals surface area contributed by atoms with E-state index in [2.05, 4.69) is 5.32 Å². The fraction of sp³-hybridized carbons (Fsp3) is 0.333. The number of ether oxygens (including phenoxy) is 1. The number of hydrogen-bond acceptors (Lipinski definition) is 5. The van der Waals surface area contributed by atoms with Crippen LogP contribution in [-0.2, 0) is 26.3 Å². The summed E-state index contributed by atoms with van der Waals surface area (Å²) in [5, 5.41) is 22.8. The van der Waals surface area contributed by atoms with Crippen LogP contribution in [-0.4, -0.2) is 58.2 Å². The largest absolute Gasteiger partial charge is 0.479 e. The molecule has 3 N–H and O–H groups in total. The zero-order chi connectivity index (χ0) is 24.6. The predicted molar refractivity (Wildman–Crippen MR) is 119 cm³/mol. The molecule has 2 aromatic carbocycles. The van der Waals surface area contributed by atoms with Crippen LogP contribution in [0.4, 0.5) is 4.79 Å². The van der Waals surface area contributed by atoms with E-state index in [1.807, 2.05) is 0 Å². The van der Waals surface area contributed by atoms with Crippen LogP contribution >= 0.6 is 0 Å². The Balaban J connectivity index is 2.18. The molecular formula is C24H26N2O7. The number of nitrogens with one attached hydrogen (secondary N) is 1. The van der Waals surface area contributed by atoms with Crippen LogP contribution in [0.2, 0.25) is 0 Å². The first-order chi connectivity index (χ1) is 15.4. The van der Waals surface area contributed by atoms with Gasteiger partial charge in [-0.25, -0.2) is 14.4 Å². The third-order valence-electron chi connectivity index (χ3n) is 5.47. The number of hydrogen-bond donors (Lipinski definition) is 3. The fourth-order valence-corrected chi connectivity index (χ4v) is 4.05. The van der Waals surface area contributed by atoms with Crippen molar-refractivity contribution in [3.63, 3.8) is 0 Å². The van der Waals surface area contributed by atoms with Gasteiger partial charge < -0.3 is 20.3 Å². The maximum Gasteiger partial charge on any atom is 0.411 e. The van der Waals surface area contributed by atoms with Crippen molar-refractivity contribution in [2.75, 3.05) is 13.6 Å². The van der Waals surface area contributed by atoms with Crippen molar-refractivity contribution < 1.29 is 34.1 Å². The van der Waals surface area contributed by atoms with Gasteiger partial charge in [-0.05, 0) is 56.0 Å². The molecule has 0 aromatic heterocycles. The smallest absolute Gasteiger partial charge is 0.411 e. The van der Waals surface area contributed by atoms with Gasteiger partial charge in [0, 0.05) is 24.7 Å². The van der Waals surface area contributed by atoms with Crippen LogP contribution in [0.15, 0.2) is 42.5 Å². The number of rotatable bonds is 4. The number of amides is 2. The third kappa shape index (κ3) is 4.13. The second-order valence-electron chi connectivity index (χ2n) is 8.69. The molecule has 174 valence electrons. The lowest BCUT2D eigenvalue weighted by Gasteiger charge is -2.42. The Labute approximate surface area is 191 Å². The average Bonchev–Trinajstić information content (AvgIpc) is 2.75. The minimum absolute atomic E-state index is 0.00696. The van der Waals surface area contributed by atoms with Gasteiger partial charge in [0.15, 0.2) is 0 Å². The van der Waals surface area contributed by atoms with Gasteiger partial charge in [0.25, 0.3) is 11.4 Å². The molecule has 9 nitrogen and oxygen atoms in total. The van der Waals surface area contributed by atoms with Crippen molar-refractivity contribution in [3.05, 3.63) is 59.2 Å². The molecule has 1 aliphatic rings. The molecule has 0 fully saturated rings. The van der Waals surface area contributed by atoms with Gasteiger partial charge in [0.05, 0.1) is 0 Å².